The van der Waals surface area contributed by atoms with Gasteiger partial charge in [0.15, 0.2) is 12.6 Å². The van der Waals surface area contributed by atoms with Crippen LogP contribution in [0.1, 0.15) is 33.6 Å². The van der Waals surface area contributed by atoms with E-state index >= 15 is 0 Å². The van der Waals surface area contributed by atoms with Crippen LogP contribution >= 0.6 is 0 Å². The number of amides is 5. The van der Waals surface area contributed by atoms with Gasteiger partial charge in [0.25, 0.3) is 0 Å². The number of carbonyl (C=O) groups is 5. The number of aliphatic hydroxyl groups excluding tert-OH is 6. The maximum Gasteiger partial charge on any atom is 0.222 e. The first-order valence-corrected chi connectivity index (χ1v) is 17.2. The average molecular weight is 770 g/mol. The molecule has 22 heteroatoms. The summed E-state index contributed by atoms with van der Waals surface area (Å²) in [5.74, 6) is -2.11. The van der Waals surface area contributed by atoms with Gasteiger partial charge in [-0.3, -0.25) is 24.0 Å². The van der Waals surface area contributed by atoms with E-state index < -0.39 is 92.4 Å². The molecular formula is C31H55N5O17. The normalized spacial score (nSPS) is 29.1. The van der Waals surface area contributed by atoms with Gasteiger partial charge in [0, 0.05) is 46.7 Å². The third kappa shape index (κ3) is 16.4. The number of hydrogen-bond donors (Lipinski definition) is 11. The quantitative estimate of drug-likeness (QED) is 0.0431. The summed E-state index contributed by atoms with van der Waals surface area (Å²) in [6.07, 6.45) is -10.6. The van der Waals surface area contributed by atoms with Crippen molar-refractivity contribution in [3.05, 3.63) is 0 Å². The molecule has 22 nitrogen and oxygen atoms in total. The number of aliphatic hydroxyl groups is 6. The maximum atomic E-state index is 12.2. The molecule has 10 atom stereocenters. The van der Waals surface area contributed by atoms with Gasteiger partial charge >= 0.3 is 0 Å². The van der Waals surface area contributed by atoms with Crippen LogP contribution in [0.3, 0.4) is 0 Å². The van der Waals surface area contributed by atoms with E-state index in [0.717, 1.165) is 0 Å². The molecular weight excluding hydrogens is 714 g/mol. The molecule has 2 fully saturated rings. The molecule has 306 valence electrons. The molecule has 0 spiro atoms. The highest BCUT2D eigenvalue weighted by molar-refractivity contribution is 5.76. The molecule has 2 aliphatic rings. The molecule has 0 aromatic carbocycles. The van der Waals surface area contributed by atoms with Crippen molar-refractivity contribution in [3.63, 3.8) is 0 Å². The third-order valence-electron chi connectivity index (χ3n) is 7.91. The van der Waals surface area contributed by atoms with E-state index in [1.807, 2.05) is 0 Å². The first kappa shape index (κ1) is 46.0. The Morgan fingerprint density at radius 2 is 1.00 bits per heavy atom. The maximum absolute atomic E-state index is 12.2. The van der Waals surface area contributed by atoms with E-state index in [9.17, 15) is 54.6 Å². The average Bonchev–Trinajstić information content (AvgIpc) is 3.10. The van der Waals surface area contributed by atoms with Gasteiger partial charge in [-0.15, -0.1) is 0 Å². The second kappa shape index (κ2) is 24.3. The summed E-state index contributed by atoms with van der Waals surface area (Å²) in [5, 5.41) is 72.3. The SMILES string of the molecule is CC(=O)NC(COCCC(=O)NCCOC1OC(CO)C(O)C(O)C1NC(C)=O)COCCC(=O)NCCOC1OC(CO)C(O)C(O)C1NC(C)=O. The zero-order valence-corrected chi connectivity index (χ0v) is 30.0. The van der Waals surface area contributed by atoms with E-state index in [1.54, 1.807) is 0 Å². The summed E-state index contributed by atoms with van der Waals surface area (Å²) in [6.45, 7) is 2.47. The molecule has 2 saturated heterocycles. The molecule has 53 heavy (non-hydrogen) atoms. The third-order valence-corrected chi connectivity index (χ3v) is 7.91. The van der Waals surface area contributed by atoms with Gasteiger partial charge < -0.3 is 85.6 Å². The fraction of sp³-hybridized carbons (Fsp3) is 0.839. The topological polar surface area (TPSA) is 322 Å². The molecule has 0 radical (unpaired) electrons. The number of hydrogen-bond acceptors (Lipinski definition) is 17. The van der Waals surface area contributed by atoms with Crippen molar-refractivity contribution in [2.45, 2.75) is 101 Å². The number of rotatable bonds is 23. The van der Waals surface area contributed by atoms with Crippen LogP contribution in [0.25, 0.3) is 0 Å². The highest BCUT2D eigenvalue weighted by atomic mass is 16.7. The van der Waals surface area contributed by atoms with Gasteiger partial charge in [0.1, 0.15) is 48.7 Å². The smallest absolute Gasteiger partial charge is 0.222 e. The Kier molecular flexibility index (Phi) is 21.1. The van der Waals surface area contributed by atoms with Gasteiger partial charge in [0.2, 0.25) is 29.5 Å². The van der Waals surface area contributed by atoms with Crippen LogP contribution in [-0.2, 0) is 52.4 Å². The first-order valence-electron chi connectivity index (χ1n) is 17.2. The second-order valence-corrected chi connectivity index (χ2v) is 12.4. The van der Waals surface area contributed by atoms with Gasteiger partial charge in [-0.05, 0) is 0 Å². The molecule has 10 unspecified atom stereocenters. The lowest BCUT2D eigenvalue weighted by molar-refractivity contribution is -0.269. The van der Waals surface area contributed by atoms with E-state index in [-0.39, 0.29) is 83.3 Å². The van der Waals surface area contributed by atoms with E-state index in [0.29, 0.717) is 0 Å². The Labute approximate surface area is 306 Å². The van der Waals surface area contributed by atoms with Crippen molar-refractivity contribution in [1.82, 2.24) is 26.6 Å². The Bertz CT molecular complexity index is 1080. The predicted octanol–water partition coefficient (Wildman–Crippen LogP) is -6.54. The Balaban J connectivity index is 1.63. The van der Waals surface area contributed by atoms with Crippen LogP contribution in [-0.4, -0.2) is 193 Å². The lowest BCUT2D eigenvalue weighted by Crippen LogP contribution is -2.64. The monoisotopic (exact) mass is 769 g/mol. The van der Waals surface area contributed by atoms with Gasteiger partial charge in [-0.25, -0.2) is 0 Å². The minimum absolute atomic E-state index is 0.00348. The minimum atomic E-state index is -1.46. The van der Waals surface area contributed by atoms with Crippen LogP contribution in [0.15, 0.2) is 0 Å². The Morgan fingerprint density at radius 1 is 0.604 bits per heavy atom. The molecule has 0 aromatic heterocycles. The molecule has 11 N–H and O–H groups in total. The molecule has 2 rings (SSSR count). The van der Waals surface area contributed by atoms with Crippen molar-refractivity contribution in [2.24, 2.45) is 0 Å². The van der Waals surface area contributed by atoms with Crippen LogP contribution in [0, 0.1) is 0 Å². The highest BCUT2D eigenvalue weighted by Gasteiger charge is 2.46. The van der Waals surface area contributed by atoms with E-state index in [1.165, 1.54) is 20.8 Å². The van der Waals surface area contributed by atoms with Crippen LogP contribution in [0.4, 0.5) is 0 Å². The molecule has 2 heterocycles. The molecule has 0 saturated carbocycles. The van der Waals surface area contributed by atoms with E-state index in [4.69, 9.17) is 28.4 Å². The Hall–Kier alpha value is -3.13. The lowest BCUT2D eigenvalue weighted by atomic mass is 9.97. The number of nitrogens with one attached hydrogen (secondary N) is 5. The van der Waals surface area contributed by atoms with Gasteiger partial charge in [-0.2, -0.15) is 0 Å². The van der Waals surface area contributed by atoms with E-state index in [2.05, 4.69) is 26.6 Å². The summed E-state index contributed by atoms with van der Waals surface area (Å²) in [7, 11) is 0. The highest BCUT2D eigenvalue weighted by Crippen LogP contribution is 2.23. The van der Waals surface area contributed by atoms with Crippen molar-refractivity contribution < 1.29 is 83.0 Å². The summed E-state index contributed by atoms with van der Waals surface area (Å²) in [5.41, 5.74) is 0. The van der Waals surface area contributed by atoms with Gasteiger partial charge in [-0.1, -0.05) is 0 Å². The molecule has 0 aliphatic carbocycles. The van der Waals surface area contributed by atoms with Crippen LogP contribution in [0.5, 0.6) is 0 Å². The first-order chi connectivity index (χ1) is 25.2. The summed E-state index contributed by atoms with van der Waals surface area (Å²) in [4.78, 5) is 59.2. The summed E-state index contributed by atoms with van der Waals surface area (Å²) < 4.78 is 33.0. The van der Waals surface area contributed by atoms with Crippen LogP contribution in [0.2, 0.25) is 0 Å². The predicted molar refractivity (Wildman–Crippen MR) is 177 cm³/mol. The fourth-order valence-electron chi connectivity index (χ4n) is 5.33. The van der Waals surface area contributed by atoms with Gasteiger partial charge in [0.05, 0.1) is 58.9 Å². The van der Waals surface area contributed by atoms with Crippen molar-refractivity contribution in [2.75, 3.05) is 65.9 Å². The fourth-order valence-corrected chi connectivity index (χ4v) is 5.33. The largest absolute Gasteiger partial charge is 0.394 e. The minimum Gasteiger partial charge on any atom is -0.394 e. The van der Waals surface area contributed by atoms with Crippen molar-refractivity contribution >= 4 is 29.5 Å². The molecule has 2 aliphatic heterocycles. The standard InChI is InChI=1S/C31H55N5O17/c1-16(39)34-19(14-48-8-4-22(42)32-6-10-50-30-24(35-17(2)40)28(46)26(44)20(12-37)52-30)15-49-9-5-23(43)33-7-11-51-31-25(36-18(3)41)29(47)27(45)21(13-38)53-31/h19-21,24-31,37-38,44-47H,4-15H2,1-3H3,(H,32,42)(H,33,43)(H,34,39)(H,35,40)(H,36,41). The summed E-state index contributed by atoms with van der Waals surface area (Å²) in [6, 6.07) is -2.79. The zero-order valence-electron chi connectivity index (χ0n) is 30.0. The van der Waals surface area contributed by atoms with Crippen molar-refractivity contribution in [3.8, 4) is 0 Å². The number of carbonyl (C=O) groups excluding carboxylic acids is 5. The second-order valence-electron chi connectivity index (χ2n) is 12.4. The molecule has 5 amide bonds. The zero-order chi connectivity index (χ0) is 39.5. The van der Waals surface area contributed by atoms with Crippen molar-refractivity contribution in [1.29, 1.82) is 0 Å². The molecule has 0 bridgehead atoms. The number of ether oxygens (including phenoxy) is 6. The Morgan fingerprint density at radius 3 is 1.34 bits per heavy atom. The van der Waals surface area contributed by atoms with Crippen LogP contribution < -0.4 is 26.6 Å². The molecule has 0 aromatic rings. The summed E-state index contributed by atoms with van der Waals surface area (Å²) >= 11 is 0. The lowest BCUT2D eigenvalue weighted by Gasteiger charge is -2.42.